The van der Waals surface area contributed by atoms with Crippen molar-refractivity contribution in [2.45, 2.75) is 19.9 Å². The van der Waals surface area contributed by atoms with Crippen molar-refractivity contribution in [3.05, 3.63) is 70.1 Å². The fourth-order valence-electron chi connectivity index (χ4n) is 2.87. The van der Waals surface area contributed by atoms with Gasteiger partial charge in [-0.2, -0.15) is 5.10 Å². The minimum atomic E-state index is -0.422. The number of hydrogen-bond donors (Lipinski definition) is 3. The lowest BCUT2D eigenvalue weighted by molar-refractivity contribution is 0.0924. The highest BCUT2D eigenvalue weighted by Crippen LogP contribution is 2.14. The predicted molar refractivity (Wildman–Crippen MR) is 109 cm³/mol. The van der Waals surface area contributed by atoms with Crippen LogP contribution in [-0.2, 0) is 0 Å². The maximum Gasteiger partial charge on any atom is 0.274 e. The van der Waals surface area contributed by atoms with Crippen LogP contribution in [0, 0.1) is 0 Å². The molecule has 1 heterocycles. The van der Waals surface area contributed by atoms with E-state index in [0.29, 0.717) is 16.3 Å². The van der Waals surface area contributed by atoms with Gasteiger partial charge in [0.1, 0.15) is 5.75 Å². The van der Waals surface area contributed by atoms with Crippen LogP contribution in [0.15, 0.2) is 53.3 Å². The summed E-state index contributed by atoms with van der Waals surface area (Å²) >= 11 is 0. The molecule has 0 aliphatic carbocycles. The molecule has 1 aromatic heterocycles. The molecule has 8 heteroatoms. The number of rotatable bonds is 6. The molecule has 3 rings (SSSR count). The van der Waals surface area contributed by atoms with Crippen molar-refractivity contribution in [3.63, 3.8) is 0 Å². The number of fused-ring (bicyclic) bond motifs is 1. The summed E-state index contributed by atoms with van der Waals surface area (Å²) in [5.74, 6) is -0.651. The topological polar surface area (TPSA) is 113 Å². The van der Waals surface area contributed by atoms with Gasteiger partial charge in [-0.15, -0.1) is 0 Å². The highest BCUT2D eigenvalue weighted by Gasteiger charge is 2.17. The van der Waals surface area contributed by atoms with Crippen LogP contribution >= 0.6 is 0 Å². The monoisotopic (exact) mass is 394 g/mol. The van der Waals surface area contributed by atoms with E-state index in [1.54, 1.807) is 24.3 Å². The highest BCUT2D eigenvalue weighted by molar-refractivity contribution is 6.04. The smallest absolute Gasteiger partial charge is 0.274 e. The molecule has 0 saturated heterocycles. The molecule has 2 aromatic carbocycles. The van der Waals surface area contributed by atoms with E-state index in [1.165, 1.54) is 28.9 Å². The van der Waals surface area contributed by atoms with Crippen LogP contribution in [0.1, 0.15) is 40.7 Å². The van der Waals surface area contributed by atoms with E-state index in [2.05, 4.69) is 15.7 Å². The minimum absolute atomic E-state index is 0.0799. The van der Waals surface area contributed by atoms with Gasteiger partial charge in [-0.1, -0.05) is 18.2 Å². The van der Waals surface area contributed by atoms with Crippen LogP contribution in [0.2, 0.25) is 0 Å². The number of phenolic OH excluding ortho intramolecular Hbond substituents is 1. The van der Waals surface area contributed by atoms with Gasteiger partial charge < -0.3 is 15.7 Å². The number of hydrogen-bond acceptors (Lipinski definition) is 5. The Morgan fingerprint density at radius 2 is 1.55 bits per heavy atom. The van der Waals surface area contributed by atoms with E-state index < -0.39 is 5.91 Å². The predicted octanol–water partition coefficient (Wildman–Crippen LogP) is 1.84. The van der Waals surface area contributed by atoms with Gasteiger partial charge in [0, 0.05) is 24.0 Å². The van der Waals surface area contributed by atoms with Gasteiger partial charge >= 0.3 is 0 Å². The number of amides is 2. The van der Waals surface area contributed by atoms with Gasteiger partial charge in [0.2, 0.25) is 0 Å². The molecule has 2 amide bonds. The van der Waals surface area contributed by atoms with Crippen LogP contribution in [0.4, 0.5) is 0 Å². The molecule has 0 atom stereocenters. The van der Waals surface area contributed by atoms with Crippen molar-refractivity contribution in [1.82, 2.24) is 20.4 Å². The number of aromatic hydroxyl groups is 1. The summed E-state index contributed by atoms with van der Waals surface area (Å²) in [6, 6.07) is 12.5. The molecule has 0 fully saturated rings. The molecule has 0 saturated carbocycles. The lowest BCUT2D eigenvalue weighted by atomic mass is 10.1. The van der Waals surface area contributed by atoms with Gasteiger partial charge in [0.05, 0.1) is 11.4 Å². The average molecular weight is 394 g/mol. The average Bonchev–Trinajstić information content (AvgIpc) is 2.71. The second-order valence-electron chi connectivity index (χ2n) is 6.80. The molecule has 0 radical (unpaired) electrons. The zero-order valence-corrected chi connectivity index (χ0v) is 16.2. The van der Waals surface area contributed by atoms with Crippen LogP contribution in [0.5, 0.6) is 5.75 Å². The largest absolute Gasteiger partial charge is 0.508 e. The van der Waals surface area contributed by atoms with Crippen molar-refractivity contribution >= 4 is 22.6 Å². The fraction of sp³-hybridized carbons (Fsp3) is 0.238. The van der Waals surface area contributed by atoms with Gasteiger partial charge in [0.15, 0.2) is 5.69 Å². The molecular weight excluding hydrogens is 372 g/mol. The van der Waals surface area contributed by atoms with Crippen molar-refractivity contribution < 1.29 is 14.7 Å². The van der Waals surface area contributed by atoms with Gasteiger partial charge in [0.25, 0.3) is 17.4 Å². The number of nitrogens with zero attached hydrogens (tertiary/aromatic N) is 2. The van der Waals surface area contributed by atoms with Gasteiger partial charge in [-0.05, 0) is 44.2 Å². The van der Waals surface area contributed by atoms with Crippen LogP contribution in [-0.4, -0.2) is 39.8 Å². The summed E-state index contributed by atoms with van der Waals surface area (Å²) in [5.41, 5.74) is 0.331. The molecule has 0 aliphatic rings. The maximum absolute atomic E-state index is 12.7. The van der Waals surface area contributed by atoms with Crippen molar-refractivity contribution in [2.75, 3.05) is 13.1 Å². The molecule has 8 nitrogen and oxygen atoms in total. The first-order valence-corrected chi connectivity index (χ1v) is 9.25. The van der Waals surface area contributed by atoms with E-state index in [1.807, 2.05) is 13.8 Å². The Morgan fingerprint density at radius 1 is 0.966 bits per heavy atom. The van der Waals surface area contributed by atoms with Gasteiger partial charge in [-0.25, -0.2) is 4.68 Å². The molecular formula is C21H22N4O4. The Balaban J connectivity index is 1.69. The number of phenols is 1. The quantitative estimate of drug-likeness (QED) is 0.552. The fourth-order valence-corrected chi connectivity index (χ4v) is 2.87. The summed E-state index contributed by atoms with van der Waals surface area (Å²) in [5, 5.41) is 19.8. The molecule has 0 unspecified atom stereocenters. The number of carbonyl (C=O) groups is 2. The molecule has 0 spiro atoms. The summed E-state index contributed by atoms with van der Waals surface area (Å²) in [7, 11) is 0. The third-order valence-electron chi connectivity index (χ3n) is 4.36. The first-order valence-electron chi connectivity index (χ1n) is 9.25. The molecule has 29 heavy (non-hydrogen) atoms. The zero-order valence-electron chi connectivity index (χ0n) is 16.2. The Bertz CT molecular complexity index is 1100. The van der Waals surface area contributed by atoms with Crippen LogP contribution in [0.3, 0.4) is 0 Å². The zero-order chi connectivity index (χ0) is 21.0. The SMILES string of the molecule is CC(C)n1nc(C(=O)NCCNC(=O)c2ccc(O)cc2)c2ccccc2c1=O. The summed E-state index contributed by atoms with van der Waals surface area (Å²) in [4.78, 5) is 37.3. The normalized spacial score (nSPS) is 10.9. The van der Waals surface area contributed by atoms with Crippen LogP contribution < -0.4 is 16.2 Å². The molecule has 0 aliphatic heterocycles. The summed E-state index contributed by atoms with van der Waals surface area (Å²) < 4.78 is 1.30. The minimum Gasteiger partial charge on any atom is -0.508 e. The van der Waals surface area contributed by atoms with Crippen LogP contribution in [0.25, 0.3) is 10.8 Å². The standard InChI is InChI=1S/C21H22N4O4/c1-13(2)25-21(29)17-6-4-3-5-16(17)18(24-25)20(28)23-12-11-22-19(27)14-7-9-15(26)10-8-14/h3-10,13,26H,11-12H2,1-2H3,(H,22,27)(H,23,28). The first-order chi connectivity index (χ1) is 13.9. The summed E-state index contributed by atoms with van der Waals surface area (Å²) in [6.07, 6.45) is 0. The van der Waals surface area contributed by atoms with Crippen molar-refractivity contribution in [3.8, 4) is 5.75 Å². The highest BCUT2D eigenvalue weighted by atomic mass is 16.3. The number of benzene rings is 2. The Morgan fingerprint density at radius 3 is 2.17 bits per heavy atom. The summed E-state index contributed by atoms with van der Waals surface area (Å²) in [6.45, 7) is 4.06. The van der Waals surface area contributed by atoms with E-state index >= 15 is 0 Å². The maximum atomic E-state index is 12.7. The van der Waals surface area contributed by atoms with Gasteiger partial charge in [-0.3, -0.25) is 14.4 Å². The van der Waals surface area contributed by atoms with E-state index in [-0.39, 0.29) is 42.0 Å². The Labute approximate surface area is 167 Å². The molecule has 3 aromatic rings. The Kier molecular flexibility index (Phi) is 5.92. The van der Waals surface area contributed by atoms with E-state index in [9.17, 15) is 19.5 Å². The lowest BCUT2D eigenvalue weighted by Gasteiger charge is -2.13. The number of aromatic nitrogens is 2. The molecule has 0 bridgehead atoms. The van der Waals surface area contributed by atoms with Crippen molar-refractivity contribution in [1.29, 1.82) is 0 Å². The first kappa shape index (κ1) is 20.1. The third-order valence-corrected chi connectivity index (χ3v) is 4.36. The lowest BCUT2D eigenvalue weighted by Crippen LogP contribution is -2.36. The second-order valence-corrected chi connectivity index (χ2v) is 6.80. The molecule has 150 valence electrons. The third kappa shape index (κ3) is 4.43. The van der Waals surface area contributed by atoms with E-state index in [0.717, 1.165) is 0 Å². The number of nitrogens with one attached hydrogen (secondary N) is 2. The van der Waals surface area contributed by atoms with Crippen molar-refractivity contribution in [2.24, 2.45) is 0 Å². The Hall–Kier alpha value is -3.68. The number of carbonyl (C=O) groups excluding carboxylic acids is 2. The van der Waals surface area contributed by atoms with E-state index in [4.69, 9.17) is 0 Å². The second kappa shape index (κ2) is 8.55. The molecule has 3 N–H and O–H groups in total.